The van der Waals surface area contributed by atoms with Crippen LogP contribution in [0.3, 0.4) is 0 Å². The van der Waals surface area contributed by atoms with E-state index in [0.29, 0.717) is 12.1 Å². The van der Waals surface area contributed by atoms with Crippen molar-refractivity contribution in [3.8, 4) is 0 Å². The Hall–Kier alpha value is -1.00. The highest BCUT2D eigenvalue weighted by atomic mass is 19.1. The Bertz CT molecular complexity index is 365. The van der Waals surface area contributed by atoms with Crippen LogP contribution in [0.15, 0.2) is 18.3 Å². The van der Waals surface area contributed by atoms with Crippen LogP contribution in [0.4, 0.5) is 4.39 Å². The molecule has 3 nitrogen and oxygen atoms in total. The summed E-state index contributed by atoms with van der Waals surface area (Å²) in [5.74, 6) is -0.283. The second-order valence-electron chi connectivity index (χ2n) is 4.95. The van der Waals surface area contributed by atoms with E-state index in [4.69, 9.17) is 5.73 Å². The normalized spacial score (nSPS) is 28.0. The van der Waals surface area contributed by atoms with E-state index in [-0.39, 0.29) is 11.9 Å². The van der Waals surface area contributed by atoms with Crippen LogP contribution in [0, 0.1) is 5.82 Å². The first kappa shape index (κ1) is 12.5. The summed E-state index contributed by atoms with van der Waals surface area (Å²) in [7, 11) is 0. The average molecular weight is 237 g/mol. The zero-order valence-corrected chi connectivity index (χ0v) is 10.4. The lowest BCUT2D eigenvalue weighted by atomic mass is 9.96. The molecule has 2 rings (SSSR count). The third-order valence-electron chi connectivity index (χ3n) is 3.64. The first-order valence-electron chi connectivity index (χ1n) is 6.20. The Morgan fingerprint density at radius 3 is 2.88 bits per heavy atom. The van der Waals surface area contributed by atoms with Gasteiger partial charge in [-0.15, -0.1) is 0 Å². The topological polar surface area (TPSA) is 42.1 Å². The van der Waals surface area contributed by atoms with E-state index in [1.807, 2.05) is 0 Å². The van der Waals surface area contributed by atoms with E-state index < -0.39 is 0 Å². The maximum Gasteiger partial charge on any atom is 0.141 e. The molecular weight excluding hydrogens is 217 g/mol. The van der Waals surface area contributed by atoms with Gasteiger partial charge in [0.1, 0.15) is 5.82 Å². The van der Waals surface area contributed by atoms with E-state index >= 15 is 0 Å². The molecule has 0 amide bonds. The minimum Gasteiger partial charge on any atom is -0.328 e. The molecule has 1 aromatic heterocycles. The third-order valence-corrected chi connectivity index (χ3v) is 3.64. The largest absolute Gasteiger partial charge is 0.328 e. The molecule has 2 heterocycles. The van der Waals surface area contributed by atoms with Crippen molar-refractivity contribution >= 4 is 0 Å². The molecular formula is C13H20FN3. The summed E-state index contributed by atoms with van der Waals surface area (Å²) in [6.45, 7) is 5.30. The monoisotopic (exact) mass is 237 g/mol. The maximum atomic E-state index is 12.8. The molecule has 1 aromatic rings. The quantitative estimate of drug-likeness (QED) is 0.856. The van der Waals surface area contributed by atoms with E-state index in [0.717, 1.165) is 25.1 Å². The zero-order chi connectivity index (χ0) is 12.4. The van der Waals surface area contributed by atoms with Gasteiger partial charge in [0.15, 0.2) is 0 Å². The van der Waals surface area contributed by atoms with Gasteiger partial charge in [-0.05, 0) is 38.8 Å². The van der Waals surface area contributed by atoms with Gasteiger partial charge in [0.25, 0.3) is 0 Å². The van der Waals surface area contributed by atoms with E-state index in [2.05, 4.69) is 23.7 Å². The van der Waals surface area contributed by atoms with Gasteiger partial charge in [0, 0.05) is 24.7 Å². The molecule has 0 radical (unpaired) electrons. The van der Waals surface area contributed by atoms with Crippen LogP contribution < -0.4 is 5.73 Å². The van der Waals surface area contributed by atoms with Crippen molar-refractivity contribution in [1.82, 2.24) is 9.88 Å². The number of likely N-dealkylation sites (tertiary alicyclic amines) is 1. The van der Waals surface area contributed by atoms with E-state index in [9.17, 15) is 4.39 Å². The number of pyridine rings is 1. The van der Waals surface area contributed by atoms with Gasteiger partial charge in [0.05, 0.1) is 11.9 Å². The summed E-state index contributed by atoms with van der Waals surface area (Å²) >= 11 is 0. The summed E-state index contributed by atoms with van der Waals surface area (Å²) in [6.07, 6.45) is 3.33. The first-order chi connectivity index (χ1) is 8.08. The zero-order valence-electron chi connectivity index (χ0n) is 10.4. The van der Waals surface area contributed by atoms with Gasteiger partial charge in [-0.2, -0.15) is 0 Å². The van der Waals surface area contributed by atoms with E-state index in [1.54, 1.807) is 6.07 Å². The standard InChI is InChI=1S/C13H20FN3/c1-9-7-12(15)5-6-17(9)10(2)13-4-3-11(14)8-16-13/h3-4,8-10,12H,5-7,15H2,1-2H3. The Balaban J connectivity index is 2.09. The molecule has 17 heavy (non-hydrogen) atoms. The van der Waals surface area contributed by atoms with Crippen LogP contribution in [0.2, 0.25) is 0 Å². The highest BCUT2D eigenvalue weighted by molar-refractivity contribution is 5.10. The fourth-order valence-corrected chi connectivity index (χ4v) is 2.61. The Morgan fingerprint density at radius 1 is 1.53 bits per heavy atom. The van der Waals surface area contributed by atoms with Gasteiger partial charge >= 0.3 is 0 Å². The number of halogens is 1. The number of hydrogen-bond acceptors (Lipinski definition) is 3. The summed E-state index contributed by atoms with van der Waals surface area (Å²) in [5.41, 5.74) is 6.88. The van der Waals surface area contributed by atoms with Crippen molar-refractivity contribution in [3.05, 3.63) is 29.8 Å². The lowest BCUT2D eigenvalue weighted by molar-refractivity contribution is 0.102. The molecule has 0 spiro atoms. The van der Waals surface area contributed by atoms with Crippen LogP contribution in [0.1, 0.15) is 38.4 Å². The first-order valence-corrected chi connectivity index (χ1v) is 6.20. The molecule has 0 bridgehead atoms. The third kappa shape index (κ3) is 2.82. The number of nitrogens with zero attached hydrogens (tertiary/aromatic N) is 2. The molecule has 1 fully saturated rings. The smallest absolute Gasteiger partial charge is 0.141 e. The van der Waals surface area contributed by atoms with E-state index in [1.165, 1.54) is 12.3 Å². The lowest BCUT2D eigenvalue weighted by Crippen LogP contribution is -2.46. The molecule has 3 unspecified atom stereocenters. The van der Waals surface area contributed by atoms with Crippen molar-refractivity contribution in [2.45, 2.75) is 44.8 Å². The molecule has 1 aliphatic rings. The van der Waals surface area contributed by atoms with Crippen LogP contribution in [0.25, 0.3) is 0 Å². The molecule has 0 aliphatic carbocycles. The van der Waals surface area contributed by atoms with Crippen LogP contribution >= 0.6 is 0 Å². The molecule has 2 N–H and O–H groups in total. The summed E-state index contributed by atoms with van der Waals surface area (Å²) < 4.78 is 12.8. The Kier molecular flexibility index (Phi) is 3.74. The van der Waals surface area contributed by atoms with Gasteiger partial charge in [-0.3, -0.25) is 9.88 Å². The summed E-state index contributed by atoms with van der Waals surface area (Å²) in [4.78, 5) is 6.55. The minimum absolute atomic E-state index is 0.220. The van der Waals surface area contributed by atoms with Gasteiger partial charge in [0.2, 0.25) is 0 Å². The molecule has 1 aliphatic heterocycles. The molecule has 94 valence electrons. The number of nitrogens with two attached hydrogens (primary N) is 1. The fraction of sp³-hybridized carbons (Fsp3) is 0.615. The van der Waals surface area contributed by atoms with Gasteiger partial charge in [-0.25, -0.2) is 4.39 Å². The second-order valence-corrected chi connectivity index (χ2v) is 4.95. The molecule has 3 atom stereocenters. The lowest BCUT2D eigenvalue weighted by Gasteiger charge is -2.40. The summed E-state index contributed by atoms with van der Waals surface area (Å²) in [6, 6.07) is 4.23. The van der Waals surface area contributed by atoms with Crippen molar-refractivity contribution in [1.29, 1.82) is 0 Å². The molecule has 0 saturated carbocycles. The van der Waals surface area contributed by atoms with Gasteiger partial charge < -0.3 is 5.73 Å². The predicted molar refractivity (Wildman–Crippen MR) is 66.0 cm³/mol. The number of piperidine rings is 1. The second kappa shape index (κ2) is 5.10. The fourth-order valence-electron chi connectivity index (χ4n) is 2.61. The highest BCUT2D eigenvalue weighted by Gasteiger charge is 2.27. The van der Waals surface area contributed by atoms with Crippen LogP contribution in [-0.4, -0.2) is 28.5 Å². The Morgan fingerprint density at radius 2 is 2.29 bits per heavy atom. The van der Waals surface area contributed by atoms with Crippen LogP contribution in [-0.2, 0) is 0 Å². The average Bonchev–Trinajstić information content (AvgIpc) is 2.29. The van der Waals surface area contributed by atoms with Crippen molar-refractivity contribution < 1.29 is 4.39 Å². The van der Waals surface area contributed by atoms with Crippen molar-refractivity contribution in [2.75, 3.05) is 6.54 Å². The number of rotatable bonds is 2. The molecule has 4 heteroatoms. The highest BCUT2D eigenvalue weighted by Crippen LogP contribution is 2.26. The minimum atomic E-state index is -0.283. The number of aromatic nitrogens is 1. The van der Waals surface area contributed by atoms with Crippen molar-refractivity contribution in [2.24, 2.45) is 5.73 Å². The SMILES string of the molecule is CC1CC(N)CCN1C(C)c1ccc(F)cn1. The van der Waals surface area contributed by atoms with Crippen LogP contribution in [0.5, 0.6) is 0 Å². The Labute approximate surface area is 102 Å². The van der Waals surface area contributed by atoms with Crippen molar-refractivity contribution in [3.63, 3.8) is 0 Å². The maximum absolute atomic E-state index is 12.8. The summed E-state index contributed by atoms with van der Waals surface area (Å²) in [5, 5.41) is 0. The predicted octanol–water partition coefficient (Wildman–Crippen LogP) is 2.09. The molecule has 1 saturated heterocycles. The number of hydrogen-bond donors (Lipinski definition) is 1. The molecule has 0 aromatic carbocycles. The van der Waals surface area contributed by atoms with Gasteiger partial charge in [-0.1, -0.05) is 0 Å².